The van der Waals surface area contributed by atoms with Gasteiger partial charge in [0.15, 0.2) is 0 Å². The molecule has 1 rings (SSSR count). The zero-order chi connectivity index (χ0) is 8.70. The number of hydrogen-bond donors (Lipinski definition) is 0. The van der Waals surface area contributed by atoms with Gasteiger partial charge < -0.3 is 4.74 Å². The molecule has 0 heterocycles. The van der Waals surface area contributed by atoms with Crippen LogP contribution >= 0.6 is 11.6 Å². The molecular weight excluding hydrogens is 181 g/mol. The SMILES string of the molecule is CCOC1(F)C(Cl)=CC1(F)F. The summed E-state index contributed by atoms with van der Waals surface area (Å²) in [5.41, 5.74) is 0. The lowest BCUT2D eigenvalue weighted by molar-refractivity contribution is -0.247. The second-order valence-corrected chi connectivity index (χ2v) is 2.55. The lowest BCUT2D eigenvalue weighted by atomic mass is 9.98. The Balaban J connectivity index is 2.81. The number of alkyl halides is 3. The van der Waals surface area contributed by atoms with Gasteiger partial charge in [0.1, 0.15) is 0 Å². The van der Waals surface area contributed by atoms with Crippen LogP contribution < -0.4 is 0 Å². The van der Waals surface area contributed by atoms with Crippen LogP contribution in [-0.2, 0) is 4.74 Å². The minimum atomic E-state index is -3.58. The molecule has 0 fully saturated rings. The molecule has 1 atom stereocenters. The van der Waals surface area contributed by atoms with E-state index in [0.717, 1.165) is 0 Å². The fourth-order valence-corrected chi connectivity index (χ4v) is 1.11. The van der Waals surface area contributed by atoms with E-state index in [4.69, 9.17) is 11.6 Å². The van der Waals surface area contributed by atoms with E-state index in [1.165, 1.54) is 6.92 Å². The summed E-state index contributed by atoms with van der Waals surface area (Å²) >= 11 is 5.10. The quantitative estimate of drug-likeness (QED) is 0.644. The predicted octanol–water partition coefficient (Wildman–Crippen LogP) is 2.46. The van der Waals surface area contributed by atoms with Crippen molar-refractivity contribution in [3.8, 4) is 0 Å². The van der Waals surface area contributed by atoms with Gasteiger partial charge in [-0.05, 0) is 6.92 Å². The molecule has 11 heavy (non-hydrogen) atoms. The summed E-state index contributed by atoms with van der Waals surface area (Å²) in [5, 5.41) is -0.579. The summed E-state index contributed by atoms with van der Waals surface area (Å²) in [7, 11) is 0. The van der Waals surface area contributed by atoms with E-state index < -0.39 is 16.8 Å². The molecule has 0 spiro atoms. The van der Waals surface area contributed by atoms with Crippen molar-refractivity contribution in [2.75, 3.05) is 6.61 Å². The van der Waals surface area contributed by atoms with Gasteiger partial charge in [-0.1, -0.05) is 11.6 Å². The first-order valence-electron chi connectivity index (χ1n) is 3.03. The Morgan fingerprint density at radius 2 is 2.09 bits per heavy atom. The molecule has 64 valence electrons. The normalized spacial score (nSPS) is 34.5. The zero-order valence-electron chi connectivity index (χ0n) is 5.70. The molecular formula is C6H6ClF3O. The van der Waals surface area contributed by atoms with Crippen LogP contribution in [-0.4, -0.2) is 18.4 Å². The van der Waals surface area contributed by atoms with Crippen LogP contribution in [0, 0.1) is 0 Å². The molecule has 0 aromatic carbocycles. The molecule has 0 saturated heterocycles. The number of hydrogen-bond acceptors (Lipinski definition) is 1. The minimum absolute atomic E-state index is 0.143. The van der Waals surface area contributed by atoms with Crippen molar-refractivity contribution in [3.63, 3.8) is 0 Å². The van der Waals surface area contributed by atoms with Gasteiger partial charge >= 0.3 is 11.8 Å². The van der Waals surface area contributed by atoms with Crippen molar-refractivity contribution in [2.45, 2.75) is 18.7 Å². The molecule has 0 aromatic heterocycles. The molecule has 0 aliphatic heterocycles. The largest absolute Gasteiger partial charge is 0.337 e. The van der Waals surface area contributed by atoms with E-state index in [-0.39, 0.29) is 6.61 Å². The van der Waals surface area contributed by atoms with Gasteiger partial charge in [0, 0.05) is 12.7 Å². The van der Waals surface area contributed by atoms with Crippen LogP contribution in [0.2, 0.25) is 0 Å². The highest BCUT2D eigenvalue weighted by Crippen LogP contribution is 2.51. The third kappa shape index (κ3) is 1.05. The van der Waals surface area contributed by atoms with E-state index in [9.17, 15) is 13.2 Å². The molecule has 5 heteroatoms. The van der Waals surface area contributed by atoms with E-state index in [2.05, 4.69) is 4.74 Å². The lowest BCUT2D eigenvalue weighted by Crippen LogP contribution is -2.53. The highest BCUT2D eigenvalue weighted by atomic mass is 35.5. The monoisotopic (exact) mass is 186 g/mol. The fourth-order valence-electron chi connectivity index (χ4n) is 0.790. The van der Waals surface area contributed by atoms with Crippen LogP contribution in [0.1, 0.15) is 6.92 Å². The first kappa shape index (κ1) is 8.87. The lowest BCUT2D eigenvalue weighted by Gasteiger charge is -2.37. The number of halogens is 4. The first-order chi connectivity index (χ1) is 4.94. The van der Waals surface area contributed by atoms with Crippen LogP contribution in [0.25, 0.3) is 0 Å². The Morgan fingerprint density at radius 1 is 1.55 bits per heavy atom. The second-order valence-electron chi connectivity index (χ2n) is 2.14. The van der Waals surface area contributed by atoms with E-state index in [1.807, 2.05) is 0 Å². The van der Waals surface area contributed by atoms with Gasteiger partial charge in [-0.15, -0.1) is 0 Å². The molecule has 1 nitrogen and oxygen atoms in total. The Bertz CT molecular complexity index is 204. The molecule has 0 amide bonds. The molecule has 1 unspecified atom stereocenters. The highest BCUT2D eigenvalue weighted by molar-refractivity contribution is 6.31. The maximum atomic E-state index is 12.9. The topological polar surface area (TPSA) is 9.23 Å². The minimum Gasteiger partial charge on any atom is -0.337 e. The number of ether oxygens (including phenoxy) is 1. The Kier molecular flexibility index (Phi) is 1.92. The van der Waals surface area contributed by atoms with Crippen molar-refractivity contribution in [1.82, 2.24) is 0 Å². The summed E-state index contributed by atoms with van der Waals surface area (Å²) in [4.78, 5) is 0. The van der Waals surface area contributed by atoms with E-state index >= 15 is 0 Å². The predicted molar refractivity (Wildman–Crippen MR) is 34.3 cm³/mol. The summed E-state index contributed by atoms with van der Waals surface area (Å²) < 4.78 is 41.8. The summed E-state index contributed by atoms with van der Waals surface area (Å²) in [5.74, 6) is -6.66. The van der Waals surface area contributed by atoms with Crippen LogP contribution in [0.15, 0.2) is 11.1 Å². The first-order valence-corrected chi connectivity index (χ1v) is 3.41. The van der Waals surface area contributed by atoms with Crippen molar-refractivity contribution in [3.05, 3.63) is 11.1 Å². The van der Waals surface area contributed by atoms with Gasteiger partial charge in [0.25, 0.3) is 0 Å². The summed E-state index contributed by atoms with van der Waals surface area (Å²) in [6.45, 7) is 1.27. The summed E-state index contributed by atoms with van der Waals surface area (Å²) in [6, 6.07) is 0. The van der Waals surface area contributed by atoms with E-state index in [1.54, 1.807) is 0 Å². The molecule has 1 aliphatic carbocycles. The number of rotatable bonds is 2. The van der Waals surface area contributed by atoms with Crippen molar-refractivity contribution < 1.29 is 17.9 Å². The van der Waals surface area contributed by atoms with Gasteiger partial charge in [-0.3, -0.25) is 0 Å². The second kappa shape index (κ2) is 2.38. The maximum Gasteiger partial charge on any atom is 0.331 e. The van der Waals surface area contributed by atoms with Crippen LogP contribution in [0.4, 0.5) is 13.2 Å². The highest BCUT2D eigenvalue weighted by Gasteiger charge is 2.65. The smallest absolute Gasteiger partial charge is 0.331 e. The Hall–Kier alpha value is -0.220. The van der Waals surface area contributed by atoms with Gasteiger partial charge in [-0.25, -0.2) is 0 Å². The van der Waals surface area contributed by atoms with Crippen molar-refractivity contribution >= 4 is 11.6 Å². The molecule has 0 aromatic rings. The van der Waals surface area contributed by atoms with Gasteiger partial charge in [0.05, 0.1) is 5.03 Å². The molecule has 0 saturated carbocycles. The molecule has 0 N–H and O–H groups in total. The maximum absolute atomic E-state index is 12.9. The van der Waals surface area contributed by atoms with Crippen molar-refractivity contribution in [1.29, 1.82) is 0 Å². The van der Waals surface area contributed by atoms with Gasteiger partial charge in [0.2, 0.25) is 0 Å². The van der Waals surface area contributed by atoms with E-state index in [0.29, 0.717) is 6.08 Å². The molecule has 0 bridgehead atoms. The third-order valence-corrected chi connectivity index (χ3v) is 1.74. The third-order valence-electron chi connectivity index (χ3n) is 1.39. The van der Waals surface area contributed by atoms with Crippen molar-refractivity contribution in [2.24, 2.45) is 0 Å². The Morgan fingerprint density at radius 3 is 2.27 bits per heavy atom. The zero-order valence-corrected chi connectivity index (χ0v) is 6.46. The fraction of sp³-hybridized carbons (Fsp3) is 0.667. The average molecular weight is 187 g/mol. The van der Waals surface area contributed by atoms with Crippen LogP contribution in [0.5, 0.6) is 0 Å². The molecule has 1 aliphatic rings. The standard InChI is InChI=1S/C6H6ClF3O/c1-2-11-6(10)4(7)3-5(6,8)9/h3H,2H2,1H3. The Labute approximate surface area is 66.8 Å². The van der Waals surface area contributed by atoms with Crippen LogP contribution in [0.3, 0.4) is 0 Å². The average Bonchev–Trinajstić information content (AvgIpc) is 1.87. The summed E-state index contributed by atoms with van der Waals surface area (Å²) in [6.07, 6.45) is 0.338. The molecule has 0 radical (unpaired) electrons. The van der Waals surface area contributed by atoms with Gasteiger partial charge in [-0.2, -0.15) is 13.2 Å².